The van der Waals surface area contributed by atoms with Crippen LogP contribution in [-0.4, -0.2) is 21.3 Å². The fourth-order valence-corrected chi connectivity index (χ4v) is 4.91. The third-order valence-electron chi connectivity index (χ3n) is 5.12. The van der Waals surface area contributed by atoms with Crippen molar-refractivity contribution in [2.24, 2.45) is 0 Å². The number of sulfonamides is 1. The lowest BCUT2D eigenvalue weighted by atomic mass is 10.1. The fraction of sp³-hybridized carbons (Fsp3) is 0.125. The minimum Gasteiger partial charge on any atom is -0.497 e. The number of benzene rings is 3. The minimum atomic E-state index is -4.06. The molecule has 7 heteroatoms. The minimum absolute atomic E-state index is 0.132. The van der Waals surface area contributed by atoms with Gasteiger partial charge in [0.15, 0.2) is 4.91 Å². The molecule has 0 aromatic heterocycles. The van der Waals surface area contributed by atoms with Crippen LogP contribution >= 0.6 is 0 Å². The molecule has 0 saturated carbocycles. The van der Waals surface area contributed by atoms with Crippen LogP contribution in [0.3, 0.4) is 0 Å². The highest BCUT2D eigenvalue weighted by Gasteiger charge is 2.40. The lowest BCUT2D eigenvalue weighted by molar-refractivity contribution is 0.104. The molecule has 3 aromatic rings. The Kier molecular flexibility index (Phi) is 5.52. The quantitative estimate of drug-likeness (QED) is 0.599. The number of para-hydroxylation sites is 1. The standard InChI is InChI=1S/C24H22N2O4S/c1-17-7-9-18(10-8-17)16-26-22-6-4-3-5-21(22)24(27)23(31(26,28)29)15-25-19-11-13-20(30-2)14-12-19/h3-15,25H,16H2,1-2H3. The predicted molar refractivity (Wildman–Crippen MR) is 122 cm³/mol. The Morgan fingerprint density at radius 3 is 2.32 bits per heavy atom. The van der Waals surface area contributed by atoms with E-state index in [0.29, 0.717) is 22.7 Å². The Morgan fingerprint density at radius 2 is 1.65 bits per heavy atom. The summed E-state index contributed by atoms with van der Waals surface area (Å²) in [6.45, 7) is 2.11. The maximum Gasteiger partial charge on any atom is 0.270 e. The van der Waals surface area contributed by atoms with Crippen LogP contribution in [0.4, 0.5) is 11.4 Å². The van der Waals surface area contributed by atoms with Gasteiger partial charge in [0, 0.05) is 17.5 Å². The molecule has 31 heavy (non-hydrogen) atoms. The van der Waals surface area contributed by atoms with Crippen LogP contribution in [0.15, 0.2) is 83.9 Å². The first kappa shape index (κ1) is 20.7. The average molecular weight is 435 g/mol. The summed E-state index contributed by atoms with van der Waals surface area (Å²) in [6.07, 6.45) is 1.26. The number of carbonyl (C=O) groups excluding carboxylic acids is 1. The number of carbonyl (C=O) groups is 1. The van der Waals surface area contributed by atoms with Crippen LogP contribution in [-0.2, 0) is 16.6 Å². The molecule has 0 spiro atoms. The molecule has 0 fully saturated rings. The van der Waals surface area contributed by atoms with Crippen LogP contribution in [0.5, 0.6) is 5.75 Å². The van der Waals surface area contributed by atoms with Gasteiger partial charge in [-0.3, -0.25) is 9.10 Å². The third kappa shape index (κ3) is 4.04. The zero-order chi connectivity index (χ0) is 22.0. The Bertz CT molecular complexity index is 1250. The van der Waals surface area contributed by atoms with Gasteiger partial charge in [-0.25, -0.2) is 8.42 Å². The fourth-order valence-electron chi connectivity index (χ4n) is 3.39. The molecular formula is C24H22N2O4S. The SMILES string of the molecule is COc1ccc(NC=C2C(=O)c3ccccc3N(Cc3ccc(C)cc3)S2(=O)=O)cc1. The number of ether oxygens (including phenoxy) is 1. The Morgan fingerprint density at radius 1 is 0.968 bits per heavy atom. The molecule has 1 heterocycles. The highest BCUT2D eigenvalue weighted by atomic mass is 32.2. The van der Waals surface area contributed by atoms with E-state index in [0.717, 1.165) is 11.1 Å². The van der Waals surface area contributed by atoms with Gasteiger partial charge >= 0.3 is 0 Å². The number of nitrogens with one attached hydrogen (secondary N) is 1. The van der Waals surface area contributed by atoms with E-state index in [2.05, 4.69) is 5.32 Å². The van der Waals surface area contributed by atoms with Crippen molar-refractivity contribution in [3.05, 3.63) is 101 Å². The first-order valence-corrected chi connectivity index (χ1v) is 11.2. The van der Waals surface area contributed by atoms with Crippen LogP contribution in [0.25, 0.3) is 0 Å². The lowest BCUT2D eigenvalue weighted by Gasteiger charge is -2.31. The molecule has 1 N–H and O–H groups in total. The maximum atomic E-state index is 13.5. The second-order valence-electron chi connectivity index (χ2n) is 7.22. The number of fused-ring (bicyclic) bond motifs is 1. The van der Waals surface area contributed by atoms with Crippen molar-refractivity contribution in [1.29, 1.82) is 0 Å². The summed E-state index contributed by atoms with van der Waals surface area (Å²) in [5.41, 5.74) is 3.30. The molecule has 3 aromatic carbocycles. The number of methoxy groups -OCH3 is 1. The molecule has 1 aliphatic rings. The van der Waals surface area contributed by atoms with Crippen molar-refractivity contribution >= 4 is 27.2 Å². The topological polar surface area (TPSA) is 75.7 Å². The number of Topliss-reactive ketones (excluding diaryl/α,β-unsaturated/α-hetero) is 1. The molecule has 0 atom stereocenters. The second-order valence-corrected chi connectivity index (χ2v) is 9.06. The zero-order valence-electron chi connectivity index (χ0n) is 17.2. The van der Waals surface area contributed by atoms with Crippen molar-refractivity contribution in [2.75, 3.05) is 16.7 Å². The average Bonchev–Trinajstić information content (AvgIpc) is 2.78. The number of rotatable bonds is 5. The summed E-state index contributed by atoms with van der Waals surface area (Å²) in [5, 5.41) is 2.93. The van der Waals surface area contributed by atoms with E-state index >= 15 is 0 Å². The number of hydrogen-bond acceptors (Lipinski definition) is 5. The van der Waals surface area contributed by atoms with Gasteiger partial charge in [0.05, 0.1) is 19.3 Å². The Hall–Kier alpha value is -3.58. The number of ketones is 1. The predicted octanol–water partition coefficient (Wildman–Crippen LogP) is 4.49. The van der Waals surface area contributed by atoms with E-state index in [1.165, 1.54) is 10.5 Å². The van der Waals surface area contributed by atoms with E-state index in [-0.39, 0.29) is 11.4 Å². The Labute approximate surface area is 181 Å². The highest BCUT2D eigenvalue weighted by molar-refractivity contribution is 7.97. The number of aryl methyl sites for hydroxylation is 1. The summed E-state index contributed by atoms with van der Waals surface area (Å²) in [5.74, 6) is 0.148. The highest BCUT2D eigenvalue weighted by Crippen LogP contribution is 2.36. The van der Waals surface area contributed by atoms with Crippen LogP contribution in [0.2, 0.25) is 0 Å². The van der Waals surface area contributed by atoms with Gasteiger partial charge in [-0.05, 0) is 48.9 Å². The van der Waals surface area contributed by atoms with Gasteiger partial charge < -0.3 is 10.1 Å². The first-order chi connectivity index (χ1) is 14.9. The van der Waals surface area contributed by atoms with Crippen LogP contribution in [0, 0.1) is 6.92 Å². The Balaban J connectivity index is 1.74. The lowest BCUT2D eigenvalue weighted by Crippen LogP contribution is -2.39. The van der Waals surface area contributed by atoms with Crippen molar-refractivity contribution in [3.8, 4) is 5.75 Å². The normalized spacial score (nSPS) is 16.1. The first-order valence-electron chi connectivity index (χ1n) is 9.73. The molecule has 0 radical (unpaired) electrons. The molecule has 158 valence electrons. The molecular weight excluding hydrogens is 412 g/mol. The molecule has 0 unspecified atom stereocenters. The monoisotopic (exact) mass is 434 g/mol. The maximum absolute atomic E-state index is 13.5. The van der Waals surface area contributed by atoms with E-state index < -0.39 is 15.8 Å². The number of nitrogens with zero attached hydrogens (tertiary/aromatic N) is 1. The number of hydrogen-bond donors (Lipinski definition) is 1. The van der Waals surface area contributed by atoms with Gasteiger partial charge in [0.25, 0.3) is 10.0 Å². The van der Waals surface area contributed by atoms with Gasteiger partial charge in [-0.2, -0.15) is 0 Å². The molecule has 0 bridgehead atoms. The van der Waals surface area contributed by atoms with Crippen LogP contribution in [0.1, 0.15) is 21.5 Å². The molecule has 1 aliphatic heterocycles. The number of anilines is 2. The molecule has 0 saturated heterocycles. The molecule has 4 rings (SSSR count). The van der Waals surface area contributed by atoms with Gasteiger partial charge in [0.1, 0.15) is 5.75 Å². The van der Waals surface area contributed by atoms with Crippen molar-refractivity contribution in [1.82, 2.24) is 0 Å². The van der Waals surface area contributed by atoms with E-state index in [1.807, 2.05) is 31.2 Å². The molecule has 0 amide bonds. The van der Waals surface area contributed by atoms with E-state index in [4.69, 9.17) is 4.74 Å². The van der Waals surface area contributed by atoms with Gasteiger partial charge in [0.2, 0.25) is 5.78 Å². The zero-order valence-corrected chi connectivity index (χ0v) is 18.0. The van der Waals surface area contributed by atoms with Crippen molar-refractivity contribution in [3.63, 3.8) is 0 Å². The van der Waals surface area contributed by atoms with Gasteiger partial charge in [-0.1, -0.05) is 42.0 Å². The summed E-state index contributed by atoms with van der Waals surface area (Å²) < 4.78 is 33.3. The van der Waals surface area contributed by atoms with E-state index in [1.54, 1.807) is 55.6 Å². The summed E-state index contributed by atoms with van der Waals surface area (Å²) in [7, 11) is -2.49. The smallest absolute Gasteiger partial charge is 0.270 e. The van der Waals surface area contributed by atoms with Crippen LogP contribution < -0.4 is 14.4 Å². The molecule has 0 aliphatic carbocycles. The largest absolute Gasteiger partial charge is 0.497 e. The number of allylic oxidation sites excluding steroid dienone is 1. The molecule has 6 nitrogen and oxygen atoms in total. The second kappa shape index (κ2) is 8.28. The van der Waals surface area contributed by atoms with Crippen molar-refractivity contribution in [2.45, 2.75) is 13.5 Å². The summed E-state index contributed by atoms with van der Waals surface area (Å²) in [4.78, 5) is 12.8. The third-order valence-corrected chi connectivity index (χ3v) is 6.88. The van der Waals surface area contributed by atoms with Crippen molar-refractivity contribution < 1.29 is 17.9 Å². The van der Waals surface area contributed by atoms with E-state index in [9.17, 15) is 13.2 Å². The summed E-state index contributed by atoms with van der Waals surface area (Å²) >= 11 is 0. The summed E-state index contributed by atoms with van der Waals surface area (Å²) in [6, 6.07) is 21.4. The van der Waals surface area contributed by atoms with Gasteiger partial charge in [-0.15, -0.1) is 0 Å².